The summed E-state index contributed by atoms with van der Waals surface area (Å²) in [4.78, 5) is 9.14. The summed E-state index contributed by atoms with van der Waals surface area (Å²) in [7, 11) is 0. The van der Waals surface area contributed by atoms with Gasteiger partial charge in [0.15, 0.2) is 5.96 Å². The second kappa shape index (κ2) is 10.3. The van der Waals surface area contributed by atoms with E-state index in [0.29, 0.717) is 18.2 Å². The number of nitrogens with zero attached hydrogens (tertiary/aromatic N) is 2. The zero-order valence-electron chi connectivity index (χ0n) is 17.0. The molecule has 1 heterocycles. The summed E-state index contributed by atoms with van der Waals surface area (Å²) in [6.07, 6.45) is 3.57. The standard InChI is InChI=1S/C23H28N4O2/c1-3-24-23(25-14-4-5-18-8-12-21(28)13-9-18)26-15-20-16-29-22(27-20)19-10-6-17(2)7-11-19/h6-13,16,28H,3-5,14-15H2,1-2H3,(H2,24,25,26). The molecule has 0 spiro atoms. The van der Waals surface area contributed by atoms with E-state index in [-0.39, 0.29) is 0 Å². The third-order valence-electron chi connectivity index (χ3n) is 4.46. The Bertz CT molecular complexity index is 915. The van der Waals surface area contributed by atoms with Crippen molar-refractivity contribution >= 4 is 5.96 Å². The molecule has 0 atom stereocenters. The van der Waals surface area contributed by atoms with E-state index in [0.717, 1.165) is 43.1 Å². The molecule has 6 heteroatoms. The highest BCUT2D eigenvalue weighted by Gasteiger charge is 2.07. The predicted molar refractivity (Wildman–Crippen MR) is 116 cm³/mol. The van der Waals surface area contributed by atoms with Gasteiger partial charge in [0.1, 0.15) is 17.7 Å². The van der Waals surface area contributed by atoms with Crippen LogP contribution in [0.4, 0.5) is 0 Å². The van der Waals surface area contributed by atoms with Crippen molar-refractivity contribution in [1.82, 2.24) is 15.6 Å². The molecule has 3 aromatic rings. The van der Waals surface area contributed by atoms with Gasteiger partial charge in [0, 0.05) is 18.7 Å². The van der Waals surface area contributed by atoms with Crippen molar-refractivity contribution in [3.8, 4) is 17.2 Å². The SMILES string of the molecule is CCNC(=NCc1coc(-c2ccc(C)cc2)n1)NCCCc1ccc(O)cc1. The van der Waals surface area contributed by atoms with Gasteiger partial charge in [-0.15, -0.1) is 0 Å². The Hall–Kier alpha value is -3.28. The van der Waals surface area contributed by atoms with Crippen LogP contribution < -0.4 is 10.6 Å². The van der Waals surface area contributed by atoms with Crippen molar-refractivity contribution in [3.63, 3.8) is 0 Å². The van der Waals surface area contributed by atoms with E-state index in [1.54, 1.807) is 18.4 Å². The lowest BCUT2D eigenvalue weighted by Gasteiger charge is -2.11. The van der Waals surface area contributed by atoms with Gasteiger partial charge in [0.05, 0.1) is 6.54 Å². The van der Waals surface area contributed by atoms with Crippen molar-refractivity contribution in [2.75, 3.05) is 13.1 Å². The number of hydrogen-bond acceptors (Lipinski definition) is 4. The number of aliphatic imine (C=N–C) groups is 1. The highest BCUT2D eigenvalue weighted by Crippen LogP contribution is 2.19. The minimum atomic E-state index is 0.298. The first-order valence-corrected chi connectivity index (χ1v) is 9.95. The molecular weight excluding hydrogens is 364 g/mol. The van der Waals surface area contributed by atoms with Crippen LogP contribution in [0.1, 0.15) is 30.2 Å². The minimum absolute atomic E-state index is 0.298. The fourth-order valence-electron chi connectivity index (χ4n) is 2.87. The van der Waals surface area contributed by atoms with Crippen molar-refractivity contribution in [2.24, 2.45) is 4.99 Å². The van der Waals surface area contributed by atoms with E-state index in [1.807, 2.05) is 43.3 Å². The summed E-state index contributed by atoms with van der Waals surface area (Å²) in [6.45, 7) is 6.14. The van der Waals surface area contributed by atoms with Crippen LogP contribution in [0, 0.1) is 6.92 Å². The van der Waals surface area contributed by atoms with Gasteiger partial charge in [-0.25, -0.2) is 9.98 Å². The van der Waals surface area contributed by atoms with E-state index in [9.17, 15) is 5.11 Å². The summed E-state index contributed by atoms with van der Waals surface area (Å²) in [5, 5.41) is 15.9. The smallest absolute Gasteiger partial charge is 0.226 e. The first kappa shape index (κ1) is 20.5. The molecule has 1 aromatic heterocycles. The lowest BCUT2D eigenvalue weighted by molar-refractivity contribution is 0.475. The summed E-state index contributed by atoms with van der Waals surface area (Å²) in [5.41, 5.74) is 4.17. The Morgan fingerprint density at radius 2 is 1.83 bits per heavy atom. The van der Waals surface area contributed by atoms with Crippen LogP contribution in [0.2, 0.25) is 0 Å². The number of oxazole rings is 1. The highest BCUT2D eigenvalue weighted by molar-refractivity contribution is 5.79. The van der Waals surface area contributed by atoms with Crippen LogP contribution in [-0.2, 0) is 13.0 Å². The summed E-state index contributed by atoms with van der Waals surface area (Å²) >= 11 is 0. The summed E-state index contributed by atoms with van der Waals surface area (Å²) < 4.78 is 5.60. The molecule has 0 aliphatic carbocycles. The summed E-state index contributed by atoms with van der Waals surface area (Å²) in [6, 6.07) is 15.4. The van der Waals surface area contributed by atoms with Crippen LogP contribution in [-0.4, -0.2) is 29.1 Å². The topological polar surface area (TPSA) is 82.7 Å². The molecule has 0 bridgehead atoms. The molecule has 3 rings (SSSR count). The molecule has 0 amide bonds. The normalized spacial score (nSPS) is 11.4. The molecule has 0 saturated heterocycles. The number of aryl methyl sites for hydroxylation is 2. The molecule has 152 valence electrons. The lowest BCUT2D eigenvalue weighted by Crippen LogP contribution is -2.37. The van der Waals surface area contributed by atoms with Crippen LogP contribution in [0.25, 0.3) is 11.5 Å². The molecule has 2 aromatic carbocycles. The number of aromatic nitrogens is 1. The number of hydrogen-bond donors (Lipinski definition) is 3. The van der Waals surface area contributed by atoms with Gasteiger partial charge >= 0.3 is 0 Å². The Labute approximate surface area is 171 Å². The maximum atomic E-state index is 9.34. The zero-order chi connectivity index (χ0) is 20.5. The van der Waals surface area contributed by atoms with E-state index in [2.05, 4.69) is 27.5 Å². The second-order valence-corrected chi connectivity index (χ2v) is 6.90. The fraction of sp³-hybridized carbons (Fsp3) is 0.304. The molecule has 0 aliphatic rings. The average molecular weight is 393 g/mol. The van der Waals surface area contributed by atoms with Gasteiger partial charge in [0.25, 0.3) is 0 Å². The first-order valence-electron chi connectivity index (χ1n) is 9.95. The number of phenolic OH excluding ortho intramolecular Hbond substituents is 1. The van der Waals surface area contributed by atoms with Crippen molar-refractivity contribution in [2.45, 2.75) is 33.2 Å². The van der Waals surface area contributed by atoms with Crippen LogP contribution >= 0.6 is 0 Å². The quantitative estimate of drug-likeness (QED) is 0.306. The third kappa shape index (κ3) is 6.38. The molecule has 0 fully saturated rings. The van der Waals surface area contributed by atoms with Gasteiger partial charge in [-0.2, -0.15) is 0 Å². The monoisotopic (exact) mass is 392 g/mol. The number of benzene rings is 2. The number of phenols is 1. The van der Waals surface area contributed by atoms with Crippen LogP contribution in [0.5, 0.6) is 5.75 Å². The van der Waals surface area contributed by atoms with E-state index < -0.39 is 0 Å². The second-order valence-electron chi connectivity index (χ2n) is 6.90. The zero-order valence-corrected chi connectivity index (χ0v) is 17.0. The third-order valence-corrected chi connectivity index (χ3v) is 4.46. The minimum Gasteiger partial charge on any atom is -0.508 e. The number of nitrogens with one attached hydrogen (secondary N) is 2. The number of rotatable bonds is 8. The van der Waals surface area contributed by atoms with Gasteiger partial charge < -0.3 is 20.2 Å². The van der Waals surface area contributed by atoms with Crippen LogP contribution in [0.15, 0.2) is 64.2 Å². The first-order chi connectivity index (χ1) is 14.1. The van der Waals surface area contributed by atoms with E-state index in [4.69, 9.17) is 4.42 Å². The Morgan fingerprint density at radius 3 is 2.55 bits per heavy atom. The predicted octanol–water partition coefficient (Wildman–Crippen LogP) is 4.04. The molecule has 0 radical (unpaired) electrons. The molecule has 3 N–H and O–H groups in total. The van der Waals surface area contributed by atoms with Gasteiger partial charge in [-0.05, 0) is 56.5 Å². The Balaban J connectivity index is 1.51. The van der Waals surface area contributed by atoms with Gasteiger partial charge in [-0.1, -0.05) is 29.8 Å². The highest BCUT2D eigenvalue weighted by atomic mass is 16.3. The average Bonchev–Trinajstić information content (AvgIpc) is 3.20. The Kier molecular flexibility index (Phi) is 7.28. The molecule has 0 aliphatic heterocycles. The van der Waals surface area contributed by atoms with Crippen molar-refractivity contribution < 1.29 is 9.52 Å². The number of guanidine groups is 1. The molecule has 6 nitrogen and oxygen atoms in total. The lowest BCUT2D eigenvalue weighted by atomic mass is 10.1. The molecule has 29 heavy (non-hydrogen) atoms. The van der Waals surface area contributed by atoms with Crippen molar-refractivity contribution in [3.05, 3.63) is 71.6 Å². The van der Waals surface area contributed by atoms with Crippen LogP contribution in [0.3, 0.4) is 0 Å². The summed E-state index contributed by atoms with van der Waals surface area (Å²) in [5.74, 6) is 1.67. The van der Waals surface area contributed by atoms with Gasteiger partial charge in [-0.3, -0.25) is 0 Å². The van der Waals surface area contributed by atoms with Gasteiger partial charge in [0.2, 0.25) is 5.89 Å². The maximum absolute atomic E-state index is 9.34. The van der Waals surface area contributed by atoms with E-state index in [1.165, 1.54) is 11.1 Å². The fourth-order valence-corrected chi connectivity index (χ4v) is 2.87. The largest absolute Gasteiger partial charge is 0.508 e. The molecule has 0 saturated carbocycles. The molecule has 0 unspecified atom stereocenters. The number of aromatic hydroxyl groups is 1. The maximum Gasteiger partial charge on any atom is 0.226 e. The Morgan fingerprint density at radius 1 is 1.07 bits per heavy atom. The van der Waals surface area contributed by atoms with E-state index >= 15 is 0 Å². The molecular formula is C23H28N4O2. The van der Waals surface area contributed by atoms with Crippen molar-refractivity contribution in [1.29, 1.82) is 0 Å².